The average Bonchev–Trinajstić information content (AvgIpc) is 1.98. The molecular weight excluding hydrogens is 188 g/mol. The zero-order valence-corrected chi connectivity index (χ0v) is 9.76. The van der Waals surface area contributed by atoms with Gasteiger partial charge in [0.15, 0.2) is 0 Å². The third kappa shape index (κ3) is 4.62. The van der Waals surface area contributed by atoms with Crippen LogP contribution in [0.2, 0.25) is 0 Å². The van der Waals surface area contributed by atoms with E-state index in [9.17, 15) is 0 Å². The molecule has 4 heteroatoms. The number of thiocarbonyl (C=S) groups is 2. The number of hydrogen-bond acceptors (Lipinski definition) is 2. The molecule has 0 radical (unpaired) electrons. The average molecular weight is 204 g/mol. The number of nitrogens with zero attached hydrogens (tertiary/aromatic N) is 2. The largest absolute Gasteiger partial charge is 0.368 e. The van der Waals surface area contributed by atoms with Crippen LogP contribution in [-0.4, -0.2) is 47.0 Å². The van der Waals surface area contributed by atoms with Crippen LogP contribution in [0.5, 0.6) is 0 Å². The molecule has 0 N–H and O–H groups in total. The maximum Gasteiger partial charge on any atom is 0.0745 e. The van der Waals surface area contributed by atoms with Crippen LogP contribution in [0.15, 0.2) is 0 Å². The normalized spacial score (nSPS) is 9.33. The lowest BCUT2D eigenvalue weighted by Gasteiger charge is -2.23. The molecule has 0 aromatic carbocycles. The fraction of sp³-hybridized carbons (Fsp3) is 0.750. The number of rotatable bonds is 3. The van der Waals surface area contributed by atoms with Crippen molar-refractivity contribution in [3.63, 3.8) is 0 Å². The lowest BCUT2D eigenvalue weighted by Crippen LogP contribution is -2.34. The summed E-state index contributed by atoms with van der Waals surface area (Å²) in [6.45, 7) is 5.72. The van der Waals surface area contributed by atoms with Crippen molar-refractivity contribution in [1.82, 2.24) is 9.80 Å². The van der Waals surface area contributed by atoms with Crippen LogP contribution in [0.25, 0.3) is 0 Å². The Bertz CT molecular complexity index is 160. The third-order valence-electron chi connectivity index (χ3n) is 1.85. The van der Waals surface area contributed by atoms with Gasteiger partial charge in [-0.25, -0.2) is 0 Å². The summed E-state index contributed by atoms with van der Waals surface area (Å²) in [6.07, 6.45) is 0. The van der Waals surface area contributed by atoms with Crippen molar-refractivity contribution in [3.8, 4) is 0 Å². The molecule has 12 heavy (non-hydrogen) atoms. The van der Waals surface area contributed by atoms with Gasteiger partial charge < -0.3 is 9.80 Å². The van der Waals surface area contributed by atoms with Crippen LogP contribution in [0.4, 0.5) is 0 Å². The summed E-state index contributed by atoms with van der Waals surface area (Å²) in [6, 6.07) is 0. The van der Waals surface area contributed by atoms with Crippen LogP contribution in [0, 0.1) is 0 Å². The maximum atomic E-state index is 5.01. The van der Waals surface area contributed by atoms with Gasteiger partial charge in [0.25, 0.3) is 0 Å². The van der Waals surface area contributed by atoms with E-state index < -0.39 is 0 Å². The monoisotopic (exact) mass is 204 g/mol. The molecule has 0 aromatic heterocycles. The van der Waals surface area contributed by atoms with E-state index in [2.05, 4.69) is 0 Å². The molecule has 0 atom stereocenters. The Morgan fingerprint density at radius 3 is 1.33 bits per heavy atom. The minimum atomic E-state index is 0.922. The highest BCUT2D eigenvalue weighted by molar-refractivity contribution is 7.80. The van der Waals surface area contributed by atoms with E-state index in [0.29, 0.717) is 0 Å². The predicted octanol–water partition coefficient (Wildman–Crippen LogP) is 1.54. The van der Waals surface area contributed by atoms with Gasteiger partial charge in [-0.2, -0.15) is 0 Å². The molecule has 0 saturated carbocycles. The van der Waals surface area contributed by atoms with E-state index in [1.165, 1.54) is 0 Å². The maximum absolute atomic E-state index is 5.01. The molecule has 0 saturated heterocycles. The van der Waals surface area contributed by atoms with Crippen molar-refractivity contribution >= 4 is 34.4 Å². The lowest BCUT2D eigenvalue weighted by atomic mass is 10.5. The van der Waals surface area contributed by atoms with Crippen molar-refractivity contribution in [2.24, 2.45) is 0 Å². The molecular formula is C8H16N2S2. The Hall–Kier alpha value is -0.220. The van der Waals surface area contributed by atoms with Gasteiger partial charge in [-0.3, -0.25) is 0 Å². The van der Waals surface area contributed by atoms with Crippen LogP contribution in [0.1, 0.15) is 13.8 Å². The van der Waals surface area contributed by atoms with Gasteiger partial charge in [0.05, 0.1) is 9.98 Å². The van der Waals surface area contributed by atoms with E-state index in [-0.39, 0.29) is 0 Å². The second kappa shape index (κ2) is 5.43. The fourth-order valence-electron chi connectivity index (χ4n) is 0.615. The Morgan fingerprint density at radius 1 is 0.917 bits per heavy atom. The molecule has 70 valence electrons. The molecule has 2 nitrogen and oxygen atoms in total. The second-order valence-electron chi connectivity index (χ2n) is 2.88. The van der Waals surface area contributed by atoms with E-state index in [4.69, 9.17) is 24.4 Å². The summed E-state index contributed by atoms with van der Waals surface area (Å²) in [7, 11) is 3.99. The van der Waals surface area contributed by atoms with Crippen LogP contribution in [-0.2, 0) is 0 Å². The fourth-order valence-corrected chi connectivity index (χ4v) is 0.797. The van der Waals surface area contributed by atoms with Gasteiger partial charge in [-0.1, -0.05) is 24.4 Å². The van der Waals surface area contributed by atoms with Crippen molar-refractivity contribution < 1.29 is 0 Å². The first-order valence-electron chi connectivity index (χ1n) is 3.88. The van der Waals surface area contributed by atoms with Gasteiger partial charge in [0.1, 0.15) is 0 Å². The molecule has 0 amide bonds. The Kier molecular flexibility index (Phi) is 5.33. The van der Waals surface area contributed by atoms with Crippen LogP contribution >= 0.6 is 24.4 Å². The van der Waals surface area contributed by atoms with Crippen LogP contribution < -0.4 is 0 Å². The summed E-state index contributed by atoms with van der Waals surface area (Å²) < 4.78 is 0. The second-order valence-corrected chi connectivity index (χ2v) is 4.06. The van der Waals surface area contributed by atoms with Gasteiger partial charge in [0.2, 0.25) is 0 Å². The molecule has 0 aliphatic heterocycles. The van der Waals surface area contributed by atoms with Gasteiger partial charge in [-0.15, -0.1) is 0 Å². The minimum Gasteiger partial charge on any atom is -0.368 e. The Morgan fingerprint density at radius 2 is 1.17 bits per heavy atom. The Labute approximate surface area is 85.5 Å². The molecule has 0 unspecified atom stereocenters. The SMILES string of the molecule is CC(=S)N(C)CCN(C)C(C)=S. The summed E-state index contributed by atoms with van der Waals surface area (Å²) in [5, 5.41) is 0. The van der Waals surface area contributed by atoms with E-state index in [1.807, 2.05) is 37.7 Å². The Balaban J connectivity index is 3.68. The van der Waals surface area contributed by atoms with Crippen molar-refractivity contribution in [2.75, 3.05) is 27.2 Å². The topological polar surface area (TPSA) is 6.48 Å². The first-order valence-corrected chi connectivity index (χ1v) is 4.70. The van der Waals surface area contributed by atoms with E-state index in [1.54, 1.807) is 0 Å². The highest BCUT2D eigenvalue weighted by Crippen LogP contribution is 1.90. The van der Waals surface area contributed by atoms with Gasteiger partial charge in [0, 0.05) is 27.2 Å². The number of hydrogen-bond donors (Lipinski definition) is 0. The molecule has 0 fully saturated rings. The summed E-state index contributed by atoms with van der Waals surface area (Å²) >= 11 is 10.0. The lowest BCUT2D eigenvalue weighted by molar-refractivity contribution is 0.417. The summed E-state index contributed by atoms with van der Waals surface area (Å²) in [5.41, 5.74) is 0. The molecule has 0 rings (SSSR count). The molecule has 0 aliphatic rings. The van der Waals surface area contributed by atoms with Crippen LogP contribution in [0.3, 0.4) is 0 Å². The molecule has 0 heterocycles. The minimum absolute atomic E-state index is 0.922. The van der Waals surface area contributed by atoms with Crippen molar-refractivity contribution in [3.05, 3.63) is 0 Å². The smallest absolute Gasteiger partial charge is 0.0745 e. The first-order chi connectivity index (χ1) is 5.45. The van der Waals surface area contributed by atoms with E-state index >= 15 is 0 Å². The standard InChI is InChI=1S/C8H16N2S2/c1-7(11)9(3)5-6-10(4)8(2)12/h5-6H2,1-4H3. The first kappa shape index (κ1) is 11.8. The van der Waals surface area contributed by atoms with Gasteiger partial charge in [-0.05, 0) is 13.8 Å². The highest BCUT2D eigenvalue weighted by Gasteiger charge is 2.01. The van der Waals surface area contributed by atoms with E-state index in [0.717, 1.165) is 23.1 Å². The highest BCUT2D eigenvalue weighted by atomic mass is 32.1. The van der Waals surface area contributed by atoms with Crippen molar-refractivity contribution in [2.45, 2.75) is 13.8 Å². The summed E-state index contributed by atoms with van der Waals surface area (Å²) in [5.74, 6) is 0. The molecule has 0 aliphatic carbocycles. The molecule has 0 aromatic rings. The third-order valence-corrected chi connectivity index (χ3v) is 2.47. The van der Waals surface area contributed by atoms with Gasteiger partial charge >= 0.3 is 0 Å². The molecule has 0 spiro atoms. The predicted molar refractivity (Wildman–Crippen MR) is 61.8 cm³/mol. The molecule has 0 bridgehead atoms. The quantitative estimate of drug-likeness (QED) is 0.643. The zero-order chi connectivity index (χ0) is 9.72. The van der Waals surface area contributed by atoms with Crippen molar-refractivity contribution in [1.29, 1.82) is 0 Å². The zero-order valence-electron chi connectivity index (χ0n) is 8.13. The summed E-state index contributed by atoms with van der Waals surface area (Å²) in [4.78, 5) is 5.93. The number of likely N-dealkylation sites (N-methyl/N-ethyl adjacent to an activating group) is 2.